The van der Waals surface area contributed by atoms with Crippen LogP contribution < -0.4 is 10.3 Å². The molecule has 0 fully saturated rings. The molecule has 1 N–H and O–H groups in total. The summed E-state index contributed by atoms with van der Waals surface area (Å²) < 4.78 is 5.21. The van der Waals surface area contributed by atoms with Gasteiger partial charge in [0.15, 0.2) is 0 Å². The Bertz CT molecular complexity index is 947. The van der Waals surface area contributed by atoms with Gasteiger partial charge in [-0.15, -0.1) is 0 Å². The minimum atomic E-state index is -0.142. The third-order valence-corrected chi connectivity index (χ3v) is 4.11. The maximum atomic E-state index is 12.3. The second-order valence-corrected chi connectivity index (χ2v) is 5.49. The highest BCUT2D eigenvalue weighted by molar-refractivity contribution is 6.31. The highest BCUT2D eigenvalue weighted by Gasteiger charge is 2.24. The van der Waals surface area contributed by atoms with Gasteiger partial charge in [0, 0.05) is 16.8 Å². The highest BCUT2D eigenvalue weighted by atomic mass is 35.5. The third-order valence-electron chi connectivity index (χ3n) is 3.87. The van der Waals surface area contributed by atoms with Crippen LogP contribution in [0.4, 0.5) is 0 Å². The largest absolute Gasteiger partial charge is 0.495 e. The van der Waals surface area contributed by atoms with Crippen molar-refractivity contribution in [2.24, 2.45) is 0 Å². The van der Waals surface area contributed by atoms with Crippen molar-refractivity contribution in [1.82, 2.24) is 9.97 Å². The molecule has 0 unspecified atom stereocenters. The quantitative estimate of drug-likeness (QED) is 0.587. The van der Waals surface area contributed by atoms with Gasteiger partial charge in [-0.2, -0.15) is 0 Å². The summed E-state index contributed by atoms with van der Waals surface area (Å²) >= 11 is 5.99. The maximum Gasteiger partial charge on any atom is 0.256 e. The third kappa shape index (κ3) is 1.76. The van der Waals surface area contributed by atoms with Gasteiger partial charge in [-0.1, -0.05) is 17.7 Å². The first-order valence-electron chi connectivity index (χ1n) is 6.55. The zero-order valence-electron chi connectivity index (χ0n) is 11.2. The normalized spacial score (nSPS) is 12.3. The van der Waals surface area contributed by atoms with Crippen LogP contribution in [-0.4, -0.2) is 17.1 Å². The van der Waals surface area contributed by atoms with Gasteiger partial charge in [-0.3, -0.25) is 9.78 Å². The molecule has 0 saturated heterocycles. The minimum absolute atomic E-state index is 0.142. The average Bonchev–Trinajstić information content (AvgIpc) is 2.85. The lowest BCUT2D eigenvalue weighted by molar-refractivity contribution is 0.412. The van der Waals surface area contributed by atoms with Crippen LogP contribution in [0.1, 0.15) is 11.1 Å². The van der Waals surface area contributed by atoms with Crippen molar-refractivity contribution in [2.75, 3.05) is 7.11 Å². The van der Waals surface area contributed by atoms with Gasteiger partial charge in [-0.05, 0) is 34.7 Å². The Morgan fingerprint density at radius 3 is 2.95 bits per heavy atom. The minimum Gasteiger partial charge on any atom is -0.495 e. The van der Waals surface area contributed by atoms with Gasteiger partial charge < -0.3 is 9.72 Å². The van der Waals surface area contributed by atoms with E-state index in [1.165, 1.54) is 0 Å². The number of halogens is 1. The number of benzene rings is 1. The van der Waals surface area contributed by atoms with E-state index in [1.807, 2.05) is 12.1 Å². The van der Waals surface area contributed by atoms with Crippen LogP contribution in [0.3, 0.4) is 0 Å². The SMILES string of the molecule is COc1cnc2c(c1)Cc1c-2[nH]c(=O)c2cc(Cl)ccc12. The first kappa shape index (κ1) is 12.4. The van der Waals surface area contributed by atoms with E-state index in [2.05, 4.69) is 9.97 Å². The Balaban J connectivity index is 2.04. The van der Waals surface area contributed by atoms with Crippen molar-refractivity contribution in [1.29, 1.82) is 0 Å². The fourth-order valence-electron chi connectivity index (χ4n) is 2.89. The van der Waals surface area contributed by atoms with Crippen LogP contribution in [0.5, 0.6) is 5.75 Å². The van der Waals surface area contributed by atoms with Crippen LogP contribution in [0.15, 0.2) is 35.3 Å². The molecule has 0 amide bonds. The molecule has 104 valence electrons. The smallest absolute Gasteiger partial charge is 0.256 e. The number of pyridine rings is 2. The Labute approximate surface area is 125 Å². The molecular weight excluding hydrogens is 288 g/mol. The summed E-state index contributed by atoms with van der Waals surface area (Å²) in [6.45, 7) is 0. The molecule has 2 aromatic heterocycles. The topological polar surface area (TPSA) is 55.0 Å². The molecule has 0 aliphatic heterocycles. The van der Waals surface area contributed by atoms with Crippen molar-refractivity contribution in [3.63, 3.8) is 0 Å². The number of fused-ring (bicyclic) bond motifs is 5. The fourth-order valence-corrected chi connectivity index (χ4v) is 3.07. The van der Waals surface area contributed by atoms with E-state index in [0.717, 1.165) is 40.1 Å². The zero-order chi connectivity index (χ0) is 14.6. The second kappa shape index (κ2) is 4.33. The van der Waals surface area contributed by atoms with Crippen molar-refractivity contribution < 1.29 is 4.74 Å². The molecule has 1 aromatic carbocycles. The van der Waals surface area contributed by atoms with Crippen molar-refractivity contribution in [3.05, 3.63) is 57.0 Å². The van der Waals surface area contributed by atoms with E-state index < -0.39 is 0 Å². The number of nitrogens with one attached hydrogen (secondary N) is 1. The van der Waals surface area contributed by atoms with E-state index in [-0.39, 0.29) is 5.56 Å². The molecule has 0 atom stereocenters. The maximum absolute atomic E-state index is 12.3. The Morgan fingerprint density at radius 1 is 1.29 bits per heavy atom. The Morgan fingerprint density at radius 2 is 2.14 bits per heavy atom. The van der Waals surface area contributed by atoms with Gasteiger partial charge >= 0.3 is 0 Å². The molecule has 0 spiro atoms. The molecule has 0 bridgehead atoms. The number of aromatic nitrogens is 2. The first-order valence-corrected chi connectivity index (χ1v) is 6.93. The predicted molar refractivity (Wildman–Crippen MR) is 82.2 cm³/mol. The number of aromatic amines is 1. The van der Waals surface area contributed by atoms with E-state index >= 15 is 0 Å². The summed E-state index contributed by atoms with van der Waals surface area (Å²) in [6, 6.07) is 7.37. The van der Waals surface area contributed by atoms with Crippen molar-refractivity contribution in [3.8, 4) is 17.1 Å². The second-order valence-electron chi connectivity index (χ2n) is 5.06. The van der Waals surface area contributed by atoms with Crippen LogP contribution in [0.2, 0.25) is 5.02 Å². The number of hydrogen-bond donors (Lipinski definition) is 1. The first-order chi connectivity index (χ1) is 10.2. The highest BCUT2D eigenvalue weighted by Crippen LogP contribution is 2.38. The molecule has 2 heterocycles. The molecule has 4 nitrogen and oxygen atoms in total. The van der Waals surface area contributed by atoms with Gasteiger partial charge in [0.05, 0.1) is 24.7 Å². The van der Waals surface area contributed by atoms with E-state index in [1.54, 1.807) is 25.4 Å². The molecule has 0 saturated carbocycles. The van der Waals surface area contributed by atoms with Crippen LogP contribution in [-0.2, 0) is 6.42 Å². The summed E-state index contributed by atoms with van der Waals surface area (Å²) in [5.74, 6) is 0.719. The number of H-pyrrole nitrogens is 1. The van der Waals surface area contributed by atoms with E-state index in [9.17, 15) is 4.79 Å². The molecule has 1 aliphatic carbocycles. The van der Waals surface area contributed by atoms with Gasteiger partial charge in [-0.25, -0.2) is 0 Å². The zero-order valence-corrected chi connectivity index (χ0v) is 12.0. The summed E-state index contributed by atoms with van der Waals surface area (Å²) in [6.07, 6.45) is 2.39. The summed E-state index contributed by atoms with van der Waals surface area (Å²) in [7, 11) is 1.62. The number of rotatable bonds is 1. The number of hydrogen-bond acceptors (Lipinski definition) is 3. The van der Waals surface area contributed by atoms with Crippen LogP contribution in [0.25, 0.3) is 22.2 Å². The lowest BCUT2D eigenvalue weighted by Crippen LogP contribution is -2.08. The van der Waals surface area contributed by atoms with Crippen molar-refractivity contribution >= 4 is 22.4 Å². The summed E-state index contributed by atoms with van der Waals surface area (Å²) in [4.78, 5) is 19.6. The average molecular weight is 299 g/mol. The van der Waals surface area contributed by atoms with E-state index in [4.69, 9.17) is 16.3 Å². The Hall–Kier alpha value is -2.33. The standard InChI is InChI=1S/C16H11ClN2O2/c1-21-10-4-8-5-12-11-3-2-9(17)6-13(11)16(20)19-15(12)14(8)18-7-10/h2-4,6-7H,5H2,1H3,(H,19,20). The molecule has 4 rings (SSSR count). The molecule has 3 aromatic rings. The molecule has 5 heteroatoms. The summed E-state index contributed by atoms with van der Waals surface area (Å²) in [5.41, 5.74) is 3.61. The van der Waals surface area contributed by atoms with Gasteiger partial charge in [0.2, 0.25) is 0 Å². The lowest BCUT2D eigenvalue weighted by atomic mass is 10.0. The van der Waals surface area contributed by atoms with Crippen LogP contribution in [0, 0.1) is 0 Å². The molecule has 0 radical (unpaired) electrons. The van der Waals surface area contributed by atoms with Gasteiger partial charge in [0.25, 0.3) is 5.56 Å². The van der Waals surface area contributed by atoms with Crippen molar-refractivity contribution in [2.45, 2.75) is 6.42 Å². The monoisotopic (exact) mass is 298 g/mol. The number of nitrogens with zero attached hydrogens (tertiary/aromatic N) is 1. The van der Waals surface area contributed by atoms with E-state index in [0.29, 0.717) is 10.4 Å². The number of methoxy groups -OCH3 is 1. The fraction of sp³-hybridized carbons (Fsp3) is 0.125. The molecular formula is C16H11ClN2O2. The van der Waals surface area contributed by atoms with Crippen LogP contribution >= 0.6 is 11.6 Å². The lowest BCUT2D eigenvalue weighted by Gasteiger charge is -2.05. The van der Waals surface area contributed by atoms with Gasteiger partial charge in [0.1, 0.15) is 5.75 Å². The molecule has 1 aliphatic rings. The number of ether oxygens (including phenoxy) is 1. The summed E-state index contributed by atoms with van der Waals surface area (Å²) in [5, 5.41) is 2.10. The Kier molecular flexibility index (Phi) is 2.56. The molecule has 21 heavy (non-hydrogen) atoms. The predicted octanol–water partition coefficient (Wildman–Crippen LogP) is 3.16.